The highest BCUT2D eigenvalue weighted by Crippen LogP contribution is 2.23. The van der Waals surface area contributed by atoms with Gasteiger partial charge in [0.05, 0.1) is 22.1 Å². The van der Waals surface area contributed by atoms with Crippen molar-refractivity contribution in [2.24, 2.45) is 0 Å². The molecule has 0 saturated carbocycles. The van der Waals surface area contributed by atoms with Gasteiger partial charge >= 0.3 is 0 Å². The van der Waals surface area contributed by atoms with Gasteiger partial charge in [-0.05, 0) is 31.5 Å². The Kier molecular flexibility index (Phi) is 4.34. The minimum Gasteiger partial charge on any atom is -0.335 e. The number of halogens is 2. The van der Waals surface area contributed by atoms with Crippen molar-refractivity contribution >= 4 is 27.3 Å². The Hall–Kier alpha value is -1.14. The molecule has 7 heteroatoms. The molecule has 0 radical (unpaired) electrons. The third kappa shape index (κ3) is 3.12. The molecule has 1 atom stereocenters. The summed E-state index contributed by atoms with van der Waals surface area (Å²) in [5, 5.41) is 0.0364. The third-order valence-corrected chi connectivity index (χ3v) is 5.48. The first-order chi connectivity index (χ1) is 9.34. The van der Waals surface area contributed by atoms with Crippen molar-refractivity contribution in [3.8, 4) is 0 Å². The minimum absolute atomic E-state index is 0.0224. The van der Waals surface area contributed by atoms with E-state index < -0.39 is 15.7 Å². The predicted octanol–water partition coefficient (Wildman–Crippen LogP) is 2.13. The van der Waals surface area contributed by atoms with Crippen LogP contribution in [0, 0.1) is 5.82 Å². The molecule has 20 heavy (non-hydrogen) atoms. The van der Waals surface area contributed by atoms with Crippen molar-refractivity contribution in [1.29, 1.82) is 0 Å². The molecule has 1 unspecified atom stereocenters. The molecule has 1 fully saturated rings. The first kappa shape index (κ1) is 15.3. The van der Waals surface area contributed by atoms with Crippen molar-refractivity contribution < 1.29 is 17.6 Å². The van der Waals surface area contributed by atoms with Crippen molar-refractivity contribution in [2.45, 2.75) is 19.4 Å². The Morgan fingerprint density at radius 2 is 2.20 bits per heavy atom. The summed E-state index contributed by atoms with van der Waals surface area (Å²) in [6.07, 6.45) is 0.431. The molecule has 1 amide bonds. The van der Waals surface area contributed by atoms with Gasteiger partial charge in [0.2, 0.25) is 0 Å². The number of hydrogen-bond acceptors (Lipinski definition) is 3. The topological polar surface area (TPSA) is 54.5 Å². The fraction of sp³-hybridized carbons (Fsp3) is 0.462. The lowest BCUT2D eigenvalue weighted by Gasteiger charge is -2.27. The van der Waals surface area contributed by atoms with E-state index in [2.05, 4.69) is 0 Å². The molecule has 1 saturated heterocycles. The highest BCUT2D eigenvalue weighted by molar-refractivity contribution is 7.91. The summed E-state index contributed by atoms with van der Waals surface area (Å²) in [5.41, 5.74) is 0.194. The fourth-order valence-electron chi connectivity index (χ4n) is 2.41. The Balaban J connectivity index is 2.26. The van der Waals surface area contributed by atoms with E-state index in [1.54, 1.807) is 6.92 Å². The molecule has 0 N–H and O–H groups in total. The Bertz CT molecular complexity index is 633. The third-order valence-electron chi connectivity index (χ3n) is 3.41. The summed E-state index contributed by atoms with van der Waals surface area (Å²) in [5.74, 6) is -0.804. The van der Waals surface area contributed by atoms with Crippen molar-refractivity contribution in [3.63, 3.8) is 0 Å². The van der Waals surface area contributed by atoms with Crippen LogP contribution in [-0.4, -0.2) is 43.3 Å². The fourth-order valence-corrected chi connectivity index (χ4v) is 4.39. The van der Waals surface area contributed by atoms with Gasteiger partial charge in [-0.2, -0.15) is 0 Å². The molecule has 1 aliphatic rings. The van der Waals surface area contributed by atoms with Crippen LogP contribution in [0.15, 0.2) is 18.2 Å². The lowest BCUT2D eigenvalue weighted by atomic mass is 10.1. The summed E-state index contributed by atoms with van der Waals surface area (Å²) in [6.45, 7) is 2.16. The van der Waals surface area contributed by atoms with Gasteiger partial charge in [-0.1, -0.05) is 11.6 Å². The van der Waals surface area contributed by atoms with E-state index in [9.17, 15) is 17.6 Å². The normalized spacial score (nSPS) is 20.9. The number of rotatable bonds is 3. The lowest BCUT2D eigenvalue weighted by molar-refractivity contribution is 0.0708. The van der Waals surface area contributed by atoms with Crippen LogP contribution in [0.3, 0.4) is 0 Å². The van der Waals surface area contributed by atoms with Gasteiger partial charge in [0.25, 0.3) is 5.91 Å². The van der Waals surface area contributed by atoms with Crippen LogP contribution in [0.5, 0.6) is 0 Å². The Morgan fingerprint density at radius 3 is 2.70 bits per heavy atom. The first-order valence-corrected chi connectivity index (χ1v) is 8.50. The van der Waals surface area contributed by atoms with Gasteiger partial charge in [0.15, 0.2) is 9.84 Å². The minimum atomic E-state index is -3.07. The van der Waals surface area contributed by atoms with E-state index in [0.717, 1.165) is 6.07 Å². The quantitative estimate of drug-likeness (QED) is 0.857. The van der Waals surface area contributed by atoms with Crippen molar-refractivity contribution in [3.05, 3.63) is 34.6 Å². The molecule has 0 spiro atoms. The maximum atomic E-state index is 13.0. The molecule has 1 aliphatic heterocycles. The standard InChI is InChI=1S/C13H15ClFNO3S/c1-2-16(10-5-6-20(18,19)8-10)13(17)11-4-3-9(15)7-12(11)14/h3-4,7,10H,2,5-6,8H2,1H3. The molecular formula is C13H15ClFNO3S. The van der Waals surface area contributed by atoms with Crippen LogP contribution in [0.4, 0.5) is 4.39 Å². The van der Waals surface area contributed by atoms with E-state index >= 15 is 0 Å². The molecular weight excluding hydrogens is 305 g/mol. The van der Waals surface area contributed by atoms with E-state index in [1.165, 1.54) is 17.0 Å². The number of carbonyl (C=O) groups excluding carboxylic acids is 1. The number of hydrogen-bond donors (Lipinski definition) is 0. The zero-order valence-corrected chi connectivity index (χ0v) is 12.5. The van der Waals surface area contributed by atoms with E-state index in [4.69, 9.17) is 11.6 Å². The molecule has 0 bridgehead atoms. The average Bonchev–Trinajstić information content (AvgIpc) is 2.70. The average molecular weight is 320 g/mol. The second kappa shape index (κ2) is 5.69. The van der Waals surface area contributed by atoms with Crippen LogP contribution < -0.4 is 0 Å². The Labute approximate surface area is 122 Å². The summed E-state index contributed by atoms with van der Waals surface area (Å²) in [4.78, 5) is 13.9. The predicted molar refractivity (Wildman–Crippen MR) is 75.2 cm³/mol. The zero-order valence-electron chi connectivity index (χ0n) is 11.0. The lowest BCUT2D eigenvalue weighted by Crippen LogP contribution is -2.41. The van der Waals surface area contributed by atoms with Gasteiger partial charge in [0.1, 0.15) is 5.82 Å². The van der Waals surface area contributed by atoms with Crippen LogP contribution in [0.25, 0.3) is 0 Å². The SMILES string of the molecule is CCN(C(=O)c1ccc(F)cc1Cl)C1CCS(=O)(=O)C1. The summed E-state index contributed by atoms with van der Waals surface area (Å²) in [6, 6.07) is 3.23. The molecule has 1 aromatic carbocycles. The molecule has 1 aromatic rings. The van der Waals surface area contributed by atoms with E-state index in [0.29, 0.717) is 13.0 Å². The van der Waals surface area contributed by atoms with Crippen molar-refractivity contribution in [1.82, 2.24) is 4.90 Å². The van der Waals surface area contributed by atoms with Crippen LogP contribution >= 0.6 is 11.6 Å². The largest absolute Gasteiger partial charge is 0.335 e. The van der Waals surface area contributed by atoms with Gasteiger partial charge in [-0.3, -0.25) is 4.79 Å². The zero-order chi connectivity index (χ0) is 14.9. The Morgan fingerprint density at radius 1 is 1.50 bits per heavy atom. The van der Waals surface area contributed by atoms with Gasteiger partial charge in [0, 0.05) is 12.6 Å². The van der Waals surface area contributed by atoms with Gasteiger partial charge in [-0.15, -0.1) is 0 Å². The van der Waals surface area contributed by atoms with E-state index in [-0.39, 0.29) is 34.0 Å². The van der Waals surface area contributed by atoms with E-state index in [1.807, 2.05) is 0 Å². The van der Waals surface area contributed by atoms with Crippen LogP contribution in [0.1, 0.15) is 23.7 Å². The molecule has 0 aliphatic carbocycles. The maximum absolute atomic E-state index is 13.0. The summed E-state index contributed by atoms with van der Waals surface area (Å²) < 4.78 is 36.0. The molecule has 110 valence electrons. The number of amides is 1. The smallest absolute Gasteiger partial charge is 0.255 e. The molecule has 2 rings (SSSR count). The van der Waals surface area contributed by atoms with Crippen LogP contribution in [0.2, 0.25) is 5.02 Å². The highest BCUT2D eigenvalue weighted by atomic mass is 35.5. The number of benzene rings is 1. The van der Waals surface area contributed by atoms with Crippen molar-refractivity contribution in [2.75, 3.05) is 18.1 Å². The number of nitrogens with zero attached hydrogens (tertiary/aromatic N) is 1. The molecule has 4 nitrogen and oxygen atoms in total. The van der Waals surface area contributed by atoms with Crippen LogP contribution in [-0.2, 0) is 9.84 Å². The maximum Gasteiger partial charge on any atom is 0.255 e. The second-order valence-electron chi connectivity index (χ2n) is 4.77. The first-order valence-electron chi connectivity index (χ1n) is 6.30. The number of sulfone groups is 1. The highest BCUT2D eigenvalue weighted by Gasteiger charge is 2.34. The summed E-state index contributed by atoms with van der Waals surface area (Å²) >= 11 is 5.88. The molecule has 0 aromatic heterocycles. The van der Waals surface area contributed by atoms with Gasteiger partial charge < -0.3 is 4.90 Å². The second-order valence-corrected chi connectivity index (χ2v) is 7.41. The number of carbonyl (C=O) groups is 1. The monoisotopic (exact) mass is 319 g/mol. The molecule has 1 heterocycles. The van der Waals surface area contributed by atoms with Gasteiger partial charge in [-0.25, -0.2) is 12.8 Å². The summed E-state index contributed by atoms with van der Waals surface area (Å²) in [7, 11) is -3.07.